The zero-order chi connectivity index (χ0) is 10.6. The molecular weight excluding hydrogens is 176 g/mol. The van der Waals surface area contributed by atoms with Crippen molar-refractivity contribution in [2.45, 2.75) is 52.7 Å². The largest absolute Gasteiger partial charge is 0.349 e. The maximum absolute atomic E-state index is 5.56. The third-order valence-corrected chi connectivity index (χ3v) is 1.91. The maximum Gasteiger partial charge on any atom is 0.176 e. The molecule has 0 saturated heterocycles. The summed E-state index contributed by atoms with van der Waals surface area (Å²) in [6.45, 7) is 7.88. The molecular formula is C12H24O2. The molecule has 0 aliphatic carbocycles. The van der Waals surface area contributed by atoms with Gasteiger partial charge in [-0.05, 0) is 25.8 Å². The van der Waals surface area contributed by atoms with Gasteiger partial charge in [-0.3, -0.25) is 0 Å². The predicted molar refractivity (Wildman–Crippen MR) is 60.3 cm³/mol. The first kappa shape index (κ1) is 13.7. The van der Waals surface area contributed by atoms with Gasteiger partial charge in [0, 0.05) is 0 Å². The fourth-order valence-corrected chi connectivity index (χ4v) is 1.00. The first-order valence-electron chi connectivity index (χ1n) is 5.71. The molecule has 0 amide bonds. The lowest BCUT2D eigenvalue weighted by molar-refractivity contribution is -0.112. The van der Waals surface area contributed by atoms with Crippen molar-refractivity contribution in [3.63, 3.8) is 0 Å². The van der Waals surface area contributed by atoms with Gasteiger partial charge >= 0.3 is 0 Å². The summed E-state index contributed by atoms with van der Waals surface area (Å²) in [5.41, 5.74) is 0. The smallest absolute Gasteiger partial charge is 0.176 e. The molecule has 0 heterocycles. The van der Waals surface area contributed by atoms with Gasteiger partial charge in [-0.25, -0.2) is 0 Å². The molecule has 0 fully saturated rings. The van der Waals surface area contributed by atoms with E-state index in [1.165, 1.54) is 0 Å². The molecule has 0 saturated carbocycles. The second-order valence-electron chi connectivity index (χ2n) is 3.34. The predicted octanol–water partition coefficient (Wildman–Crippen LogP) is 3.52. The average Bonchev–Trinajstić information content (AvgIpc) is 2.18. The third-order valence-electron chi connectivity index (χ3n) is 1.91. The first-order valence-corrected chi connectivity index (χ1v) is 5.71. The van der Waals surface area contributed by atoms with Crippen LogP contribution in [0.2, 0.25) is 0 Å². The van der Waals surface area contributed by atoms with Crippen LogP contribution in [0.25, 0.3) is 0 Å². The molecule has 0 aromatic rings. The summed E-state index contributed by atoms with van der Waals surface area (Å²) >= 11 is 0. The Kier molecular flexibility index (Phi) is 10.5. The Balaban J connectivity index is 3.55. The maximum atomic E-state index is 5.56. The standard InChI is InChI=1S/C12H24O2/c1-4-7-10-13-12(9-6-3)14-11-8-5-2/h6,9,12H,4-5,7-8,10-11H2,1-3H3/b9-6+. The van der Waals surface area contributed by atoms with Crippen molar-refractivity contribution in [3.05, 3.63) is 12.2 Å². The van der Waals surface area contributed by atoms with Gasteiger partial charge in [-0.15, -0.1) is 0 Å². The zero-order valence-corrected chi connectivity index (χ0v) is 9.79. The highest BCUT2D eigenvalue weighted by Crippen LogP contribution is 2.01. The summed E-state index contributed by atoms with van der Waals surface area (Å²) in [4.78, 5) is 0. The molecule has 14 heavy (non-hydrogen) atoms. The lowest BCUT2D eigenvalue weighted by Gasteiger charge is -2.14. The van der Waals surface area contributed by atoms with Crippen LogP contribution in [0.3, 0.4) is 0 Å². The Morgan fingerprint density at radius 2 is 1.50 bits per heavy atom. The molecule has 2 heteroatoms. The number of unbranched alkanes of at least 4 members (excludes halogenated alkanes) is 2. The monoisotopic (exact) mass is 200 g/mol. The van der Waals surface area contributed by atoms with E-state index in [0.717, 1.165) is 38.9 Å². The summed E-state index contributed by atoms with van der Waals surface area (Å²) in [6, 6.07) is 0. The average molecular weight is 200 g/mol. The fourth-order valence-electron chi connectivity index (χ4n) is 1.00. The van der Waals surface area contributed by atoms with Crippen LogP contribution in [0, 0.1) is 0 Å². The van der Waals surface area contributed by atoms with Crippen LogP contribution in [0.15, 0.2) is 12.2 Å². The molecule has 84 valence electrons. The highest BCUT2D eigenvalue weighted by atomic mass is 16.7. The zero-order valence-electron chi connectivity index (χ0n) is 9.79. The minimum absolute atomic E-state index is 0.141. The van der Waals surface area contributed by atoms with Crippen molar-refractivity contribution in [1.29, 1.82) is 0 Å². The molecule has 0 aromatic heterocycles. The molecule has 2 nitrogen and oxygen atoms in total. The van der Waals surface area contributed by atoms with Crippen molar-refractivity contribution in [2.75, 3.05) is 13.2 Å². The normalized spacial score (nSPS) is 11.7. The minimum atomic E-state index is -0.141. The topological polar surface area (TPSA) is 18.5 Å². The van der Waals surface area contributed by atoms with E-state index >= 15 is 0 Å². The summed E-state index contributed by atoms with van der Waals surface area (Å²) in [5, 5.41) is 0. The summed E-state index contributed by atoms with van der Waals surface area (Å²) in [7, 11) is 0. The first-order chi connectivity index (χ1) is 6.85. The van der Waals surface area contributed by atoms with Gasteiger partial charge in [0.15, 0.2) is 6.29 Å². The van der Waals surface area contributed by atoms with E-state index in [0.29, 0.717) is 0 Å². The van der Waals surface area contributed by atoms with Crippen LogP contribution in [0.4, 0.5) is 0 Å². The van der Waals surface area contributed by atoms with Crippen LogP contribution in [0.5, 0.6) is 0 Å². The SMILES string of the molecule is C/C=C/C(OCCCC)OCCCC. The van der Waals surface area contributed by atoms with Crippen molar-refractivity contribution >= 4 is 0 Å². The molecule has 0 rings (SSSR count). The van der Waals surface area contributed by atoms with Gasteiger partial charge < -0.3 is 9.47 Å². The number of rotatable bonds is 9. The molecule has 0 aromatic carbocycles. The molecule has 0 aliphatic rings. The van der Waals surface area contributed by atoms with Gasteiger partial charge in [0.1, 0.15) is 0 Å². The molecule has 0 aliphatic heterocycles. The van der Waals surface area contributed by atoms with Gasteiger partial charge in [0.25, 0.3) is 0 Å². The second kappa shape index (κ2) is 10.7. The Morgan fingerprint density at radius 3 is 1.86 bits per heavy atom. The van der Waals surface area contributed by atoms with Gasteiger partial charge in [-0.2, -0.15) is 0 Å². The van der Waals surface area contributed by atoms with E-state index < -0.39 is 0 Å². The van der Waals surface area contributed by atoms with Crippen molar-refractivity contribution < 1.29 is 9.47 Å². The van der Waals surface area contributed by atoms with Crippen LogP contribution < -0.4 is 0 Å². The molecule has 0 atom stereocenters. The van der Waals surface area contributed by atoms with E-state index in [1.54, 1.807) is 0 Å². The Hall–Kier alpha value is -0.340. The van der Waals surface area contributed by atoms with Crippen LogP contribution >= 0.6 is 0 Å². The summed E-state index contributed by atoms with van der Waals surface area (Å²) in [6.07, 6.45) is 8.33. The highest BCUT2D eigenvalue weighted by Gasteiger charge is 2.03. The van der Waals surface area contributed by atoms with E-state index in [4.69, 9.17) is 9.47 Å². The third kappa shape index (κ3) is 8.27. The Bertz CT molecular complexity index is 122. The van der Waals surface area contributed by atoms with Crippen LogP contribution in [-0.2, 0) is 9.47 Å². The van der Waals surface area contributed by atoms with E-state index in [2.05, 4.69) is 13.8 Å². The fraction of sp³-hybridized carbons (Fsp3) is 0.833. The molecule has 0 bridgehead atoms. The number of allylic oxidation sites excluding steroid dienone is 1. The number of hydrogen-bond donors (Lipinski definition) is 0. The van der Waals surface area contributed by atoms with Crippen molar-refractivity contribution in [1.82, 2.24) is 0 Å². The molecule has 0 radical (unpaired) electrons. The molecule has 0 N–H and O–H groups in total. The highest BCUT2D eigenvalue weighted by molar-refractivity contribution is 4.81. The minimum Gasteiger partial charge on any atom is -0.349 e. The van der Waals surface area contributed by atoms with Crippen molar-refractivity contribution in [3.8, 4) is 0 Å². The van der Waals surface area contributed by atoms with E-state index in [-0.39, 0.29) is 6.29 Å². The number of hydrogen-bond acceptors (Lipinski definition) is 2. The van der Waals surface area contributed by atoms with Crippen LogP contribution in [0.1, 0.15) is 46.5 Å². The molecule has 0 unspecified atom stereocenters. The second-order valence-corrected chi connectivity index (χ2v) is 3.34. The van der Waals surface area contributed by atoms with Gasteiger partial charge in [0.05, 0.1) is 13.2 Å². The lowest BCUT2D eigenvalue weighted by atomic mass is 10.3. The number of ether oxygens (including phenoxy) is 2. The van der Waals surface area contributed by atoms with Crippen LogP contribution in [-0.4, -0.2) is 19.5 Å². The Labute approximate surface area is 88.3 Å². The van der Waals surface area contributed by atoms with Gasteiger partial charge in [-0.1, -0.05) is 32.8 Å². The van der Waals surface area contributed by atoms with E-state index in [1.807, 2.05) is 19.1 Å². The lowest BCUT2D eigenvalue weighted by Crippen LogP contribution is -2.16. The van der Waals surface area contributed by atoms with E-state index in [9.17, 15) is 0 Å². The summed E-state index contributed by atoms with van der Waals surface area (Å²) in [5.74, 6) is 0. The van der Waals surface area contributed by atoms with Crippen molar-refractivity contribution in [2.24, 2.45) is 0 Å². The van der Waals surface area contributed by atoms with Gasteiger partial charge in [0.2, 0.25) is 0 Å². The molecule has 0 spiro atoms. The summed E-state index contributed by atoms with van der Waals surface area (Å²) < 4.78 is 11.1. The quantitative estimate of drug-likeness (QED) is 0.322. The Morgan fingerprint density at radius 1 is 1.00 bits per heavy atom.